The minimum atomic E-state index is -3.54. The second-order valence-electron chi connectivity index (χ2n) is 4.53. The lowest BCUT2D eigenvalue weighted by molar-refractivity contribution is 0.101. The molecule has 1 saturated carbocycles. The molecule has 2 rings (SSSR count). The van der Waals surface area contributed by atoms with Crippen molar-refractivity contribution in [3.63, 3.8) is 0 Å². The van der Waals surface area contributed by atoms with E-state index in [-0.39, 0.29) is 10.9 Å². The van der Waals surface area contributed by atoms with E-state index < -0.39 is 16.1 Å². The highest BCUT2D eigenvalue weighted by Crippen LogP contribution is 2.21. The van der Waals surface area contributed by atoms with Gasteiger partial charge in [0.1, 0.15) is 0 Å². The standard InChI is InChI=1S/C12H16BrNO3S/c13-9-5-7-10(8-6-9)18(16,17)14-11-3-1-2-4-12(11)15/h5-8,11-12,14-15H,1-4H2. The van der Waals surface area contributed by atoms with E-state index in [0.29, 0.717) is 12.8 Å². The zero-order chi connectivity index (χ0) is 13.2. The first-order chi connectivity index (χ1) is 8.49. The summed E-state index contributed by atoms with van der Waals surface area (Å²) in [7, 11) is -3.54. The van der Waals surface area contributed by atoms with Crippen molar-refractivity contribution in [2.75, 3.05) is 0 Å². The van der Waals surface area contributed by atoms with Crippen LogP contribution in [0.5, 0.6) is 0 Å². The molecule has 0 aromatic heterocycles. The van der Waals surface area contributed by atoms with Crippen LogP contribution in [0.1, 0.15) is 25.7 Å². The van der Waals surface area contributed by atoms with Crippen molar-refractivity contribution in [1.82, 2.24) is 4.72 Å². The van der Waals surface area contributed by atoms with E-state index in [1.54, 1.807) is 24.3 Å². The third kappa shape index (κ3) is 3.32. The molecule has 0 radical (unpaired) electrons. The SMILES string of the molecule is O=S(=O)(NC1CCCCC1O)c1ccc(Br)cc1. The largest absolute Gasteiger partial charge is 0.391 e. The molecule has 1 aromatic rings. The van der Waals surface area contributed by atoms with Gasteiger partial charge in [0, 0.05) is 10.5 Å². The highest BCUT2D eigenvalue weighted by Gasteiger charge is 2.27. The third-order valence-electron chi connectivity index (χ3n) is 3.16. The van der Waals surface area contributed by atoms with Crippen molar-refractivity contribution in [2.45, 2.75) is 42.7 Å². The van der Waals surface area contributed by atoms with E-state index in [9.17, 15) is 13.5 Å². The van der Waals surface area contributed by atoms with Gasteiger partial charge in [-0.05, 0) is 37.1 Å². The van der Waals surface area contributed by atoms with Gasteiger partial charge in [0.25, 0.3) is 0 Å². The van der Waals surface area contributed by atoms with Crippen molar-refractivity contribution in [1.29, 1.82) is 0 Å². The van der Waals surface area contributed by atoms with Gasteiger partial charge in [-0.2, -0.15) is 0 Å². The molecule has 2 unspecified atom stereocenters. The maximum absolute atomic E-state index is 12.1. The van der Waals surface area contributed by atoms with Crippen LogP contribution < -0.4 is 4.72 Å². The van der Waals surface area contributed by atoms with Crippen molar-refractivity contribution in [3.8, 4) is 0 Å². The number of halogens is 1. The number of hydrogen-bond acceptors (Lipinski definition) is 3. The van der Waals surface area contributed by atoms with E-state index in [4.69, 9.17) is 0 Å². The second-order valence-corrected chi connectivity index (χ2v) is 7.16. The molecule has 0 aliphatic heterocycles. The summed E-state index contributed by atoms with van der Waals surface area (Å²) < 4.78 is 27.7. The van der Waals surface area contributed by atoms with Gasteiger partial charge in [-0.3, -0.25) is 0 Å². The number of aliphatic hydroxyl groups excluding tert-OH is 1. The first-order valence-corrected chi connectivity index (χ1v) is 8.22. The summed E-state index contributed by atoms with van der Waals surface area (Å²) in [5, 5.41) is 9.79. The van der Waals surface area contributed by atoms with Crippen LogP contribution in [0, 0.1) is 0 Å². The fourth-order valence-electron chi connectivity index (χ4n) is 2.13. The van der Waals surface area contributed by atoms with Gasteiger partial charge in [0.15, 0.2) is 0 Å². The van der Waals surface area contributed by atoms with Crippen LogP contribution in [0.15, 0.2) is 33.6 Å². The van der Waals surface area contributed by atoms with Gasteiger partial charge in [-0.1, -0.05) is 28.8 Å². The zero-order valence-electron chi connectivity index (χ0n) is 9.84. The quantitative estimate of drug-likeness (QED) is 0.889. The van der Waals surface area contributed by atoms with Crippen LogP contribution in [-0.4, -0.2) is 25.7 Å². The summed E-state index contributed by atoms with van der Waals surface area (Å²) in [4.78, 5) is 0.225. The Morgan fingerprint density at radius 2 is 1.78 bits per heavy atom. The predicted molar refractivity (Wildman–Crippen MR) is 72.7 cm³/mol. The first-order valence-electron chi connectivity index (χ1n) is 5.95. The lowest BCUT2D eigenvalue weighted by Gasteiger charge is -2.28. The summed E-state index contributed by atoms with van der Waals surface area (Å²) >= 11 is 3.27. The van der Waals surface area contributed by atoms with Crippen molar-refractivity contribution in [2.24, 2.45) is 0 Å². The minimum Gasteiger partial charge on any atom is -0.391 e. The molecule has 100 valence electrons. The monoisotopic (exact) mass is 333 g/mol. The van der Waals surface area contributed by atoms with Gasteiger partial charge in [-0.15, -0.1) is 0 Å². The lowest BCUT2D eigenvalue weighted by atomic mass is 9.93. The smallest absolute Gasteiger partial charge is 0.240 e. The minimum absolute atomic E-state index is 0.225. The second kappa shape index (κ2) is 5.69. The molecule has 0 amide bonds. The Bertz CT molecular complexity index is 501. The Morgan fingerprint density at radius 3 is 2.39 bits per heavy atom. The van der Waals surface area contributed by atoms with Crippen LogP contribution in [0.2, 0.25) is 0 Å². The summed E-state index contributed by atoms with van der Waals surface area (Å²) in [5.41, 5.74) is 0. The normalized spacial score (nSPS) is 25.0. The Morgan fingerprint density at radius 1 is 1.17 bits per heavy atom. The number of sulfonamides is 1. The Kier molecular flexibility index (Phi) is 4.42. The van der Waals surface area contributed by atoms with E-state index >= 15 is 0 Å². The van der Waals surface area contributed by atoms with E-state index in [1.807, 2.05) is 0 Å². The highest BCUT2D eigenvalue weighted by molar-refractivity contribution is 9.10. The summed E-state index contributed by atoms with van der Waals surface area (Å²) in [6.07, 6.45) is 2.68. The first kappa shape index (κ1) is 14.0. The number of aliphatic hydroxyl groups is 1. The van der Waals surface area contributed by atoms with E-state index in [2.05, 4.69) is 20.7 Å². The number of hydrogen-bond donors (Lipinski definition) is 2. The Balaban J connectivity index is 2.13. The van der Waals surface area contributed by atoms with Gasteiger partial charge in [0.2, 0.25) is 10.0 Å². The highest BCUT2D eigenvalue weighted by atomic mass is 79.9. The molecule has 18 heavy (non-hydrogen) atoms. The van der Waals surface area contributed by atoms with Gasteiger partial charge >= 0.3 is 0 Å². The summed E-state index contributed by atoms with van der Waals surface area (Å²) in [6, 6.07) is 6.09. The van der Waals surface area contributed by atoms with Crippen LogP contribution >= 0.6 is 15.9 Å². The molecule has 1 aliphatic rings. The van der Waals surface area contributed by atoms with Crippen molar-refractivity contribution < 1.29 is 13.5 Å². The van der Waals surface area contributed by atoms with Crippen LogP contribution in [0.4, 0.5) is 0 Å². The molecular weight excluding hydrogens is 318 g/mol. The maximum Gasteiger partial charge on any atom is 0.240 e. The average Bonchev–Trinajstić information content (AvgIpc) is 2.32. The molecule has 0 heterocycles. The van der Waals surface area contributed by atoms with E-state index in [0.717, 1.165) is 17.3 Å². The molecular formula is C12H16BrNO3S. The number of benzene rings is 1. The van der Waals surface area contributed by atoms with Crippen molar-refractivity contribution in [3.05, 3.63) is 28.7 Å². The molecule has 2 N–H and O–H groups in total. The fraction of sp³-hybridized carbons (Fsp3) is 0.500. The molecule has 4 nitrogen and oxygen atoms in total. The van der Waals surface area contributed by atoms with E-state index in [1.165, 1.54) is 0 Å². The van der Waals surface area contributed by atoms with Gasteiger partial charge < -0.3 is 5.11 Å². The van der Waals surface area contributed by atoms with Crippen LogP contribution in [-0.2, 0) is 10.0 Å². The Labute approximate surface area is 116 Å². The molecule has 0 saturated heterocycles. The zero-order valence-corrected chi connectivity index (χ0v) is 12.2. The van der Waals surface area contributed by atoms with Crippen LogP contribution in [0.3, 0.4) is 0 Å². The number of rotatable bonds is 3. The maximum atomic E-state index is 12.1. The molecule has 0 bridgehead atoms. The molecule has 1 aromatic carbocycles. The van der Waals surface area contributed by atoms with Crippen LogP contribution in [0.25, 0.3) is 0 Å². The van der Waals surface area contributed by atoms with Crippen molar-refractivity contribution >= 4 is 26.0 Å². The molecule has 1 fully saturated rings. The molecule has 6 heteroatoms. The lowest BCUT2D eigenvalue weighted by Crippen LogP contribution is -2.44. The van der Waals surface area contributed by atoms with Gasteiger partial charge in [0.05, 0.1) is 11.0 Å². The molecule has 2 atom stereocenters. The molecule has 1 aliphatic carbocycles. The predicted octanol–water partition coefficient (Wildman–Crippen LogP) is 2.03. The number of nitrogens with one attached hydrogen (secondary N) is 1. The topological polar surface area (TPSA) is 66.4 Å². The Hall–Kier alpha value is -0.430. The van der Waals surface area contributed by atoms with Gasteiger partial charge in [-0.25, -0.2) is 13.1 Å². The summed E-state index contributed by atoms with van der Waals surface area (Å²) in [6.45, 7) is 0. The third-order valence-corrected chi connectivity index (χ3v) is 5.19. The molecule has 0 spiro atoms. The summed E-state index contributed by atoms with van der Waals surface area (Å²) in [5.74, 6) is 0. The average molecular weight is 334 g/mol. The fourth-order valence-corrected chi connectivity index (χ4v) is 3.70.